The van der Waals surface area contributed by atoms with Gasteiger partial charge in [0.25, 0.3) is 0 Å². The fourth-order valence-corrected chi connectivity index (χ4v) is 10.5. The molecule has 2 heterocycles. The van der Waals surface area contributed by atoms with Crippen molar-refractivity contribution >= 4 is 93.7 Å². The predicted octanol–water partition coefficient (Wildman–Crippen LogP) is 8.86. The molecule has 0 N–H and O–H groups in total. The van der Waals surface area contributed by atoms with Gasteiger partial charge in [0.05, 0.1) is 16.6 Å². The Hall–Kier alpha value is -4.82. The number of nitrogens with zero attached hydrogens (tertiary/aromatic N) is 2. The maximum absolute atomic E-state index is 6.92. The van der Waals surface area contributed by atoms with E-state index in [0.29, 0.717) is 0 Å². The van der Waals surface area contributed by atoms with Crippen LogP contribution < -0.4 is 15.9 Å². The maximum atomic E-state index is 6.92. The Morgan fingerprint density at radius 1 is 0.442 bits per heavy atom. The summed E-state index contributed by atoms with van der Waals surface area (Å²) in [6.07, 6.45) is 0. The van der Waals surface area contributed by atoms with Crippen LogP contribution in [0.5, 0.6) is 0 Å². The topological polar surface area (TPSA) is 17.3 Å². The Morgan fingerprint density at radius 3 is 1.88 bits per heavy atom. The number of hydrogen-bond acceptors (Lipinski definition) is 2. The van der Waals surface area contributed by atoms with E-state index in [9.17, 15) is 0 Å². The highest BCUT2D eigenvalue weighted by atomic mass is 32.4. The normalized spacial score (nSPS) is 13.4. The minimum absolute atomic E-state index is 0.968. The molecule has 202 valence electrons. The van der Waals surface area contributed by atoms with Crippen molar-refractivity contribution in [1.29, 1.82) is 0 Å². The third-order valence-electron chi connectivity index (χ3n) is 8.82. The highest BCUT2D eigenvalue weighted by Crippen LogP contribution is 2.45. The fourth-order valence-electron chi connectivity index (χ4n) is 6.77. The van der Waals surface area contributed by atoms with Crippen LogP contribution in [0.2, 0.25) is 0 Å². The minimum atomic E-state index is -2.44. The molecule has 2 nitrogen and oxygen atoms in total. The molecule has 9 rings (SSSR count). The smallest absolute Gasteiger partial charge is 0.146 e. The Bertz CT molecular complexity index is 2600. The van der Waals surface area contributed by atoms with Gasteiger partial charge in [0, 0.05) is 16.8 Å². The standard InChI is InChI=1S/C39H25N2PS/c43-42(28-11-2-1-3-12-28,29-21-20-27-19-18-26-10-4-5-13-31(26)34(27)24-29)30-22-23-32-33-14-6-8-16-37(33)41-38-17-9-7-15-36(38)40-39(41)35(32)25-30/h1-25H. The van der Waals surface area contributed by atoms with Gasteiger partial charge in [-0.05, 0) is 73.2 Å². The van der Waals surface area contributed by atoms with Gasteiger partial charge in [0.2, 0.25) is 0 Å². The van der Waals surface area contributed by atoms with Gasteiger partial charge in [0.15, 0.2) is 0 Å². The number of hydrogen-bond donors (Lipinski definition) is 0. The third kappa shape index (κ3) is 3.59. The lowest BCUT2D eigenvalue weighted by Gasteiger charge is -2.25. The maximum Gasteiger partial charge on any atom is 0.146 e. The molecular weight excluding hydrogens is 559 g/mol. The van der Waals surface area contributed by atoms with Gasteiger partial charge >= 0.3 is 0 Å². The zero-order valence-electron chi connectivity index (χ0n) is 23.2. The van der Waals surface area contributed by atoms with Gasteiger partial charge in [-0.25, -0.2) is 4.98 Å². The van der Waals surface area contributed by atoms with Crippen LogP contribution in [-0.2, 0) is 11.8 Å². The summed E-state index contributed by atoms with van der Waals surface area (Å²) in [6.45, 7) is 0. The molecule has 1 atom stereocenters. The molecule has 0 saturated heterocycles. The summed E-state index contributed by atoms with van der Waals surface area (Å²) >= 11 is 6.92. The van der Waals surface area contributed by atoms with Crippen LogP contribution in [0.15, 0.2) is 152 Å². The average Bonchev–Trinajstić information content (AvgIpc) is 3.48. The first-order valence-corrected chi connectivity index (χ1v) is 17.3. The second kappa shape index (κ2) is 9.34. The third-order valence-corrected chi connectivity index (χ3v) is 13.8. The molecular formula is C39H25N2PS. The summed E-state index contributed by atoms with van der Waals surface area (Å²) in [5.74, 6) is 0. The fraction of sp³-hybridized carbons (Fsp3) is 0. The molecule has 7 aromatic carbocycles. The van der Waals surface area contributed by atoms with Gasteiger partial charge < -0.3 is 0 Å². The van der Waals surface area contributed by atoms with Crippen molar-refractivity contribution in [2.45, 2.75) is 0 Å². The molecule has 0 fully saturated rings. The van der Waals surface area contributed by atoms with Crippen molar-refractivity contribution in [2.75, 3.05) is 0 Å². The van der Waals surface area contributed by atoms with E-state index < -0.39 is 6.04 Å². The highest BCUT2D eigenvalue weighted by molar-refractivity contribution is 8.25. The van der Waals surface area contributed by atoms with E-state index in [1.54, 1.807) is 0 Å². The van der Waals surface area contributed by atoms with Gasteiger partial charge in [-0.3, -0.25) is 4.40 Å². The first-order chi connectivity index (χ1) is 21.2. The first-order valence-electron chi connectivity index (χ1n) is 14.5. The molecule has 9 aromatic rings. The molecule has 0 bridgehead atoms. The monoisotopic (exact) mass is 584 g/mol. The molecule has 4 heteroatoms. The number of pyridine rings is 1. The molecule has 0 aliphatic carbocycles. The number of aromatic nitrogens is 2. The Balaban J connectivity index is 1.39. The van der Waals surface area contributed by atoms with E-state index in [1.807, 2.05) is 0 Å². The summed E-state index contributed by atoms with van der Waals surface area (Å²) in [5.41, 5.74) is 4.24. The average molecular weight is 585 g/mol. The number of para-hydroxylation sites is 3. The van der Waals surface area contributed by atoms with Crippen molar-refractivity contribution in [2.24, 2.45) is 0 Å². The van der Waals surface area contributed by atoms with E-state index in [1.165, 1.54) is 48.2 Å². The first kappa shape index (κ1) is 24.7. The molecule has 0 aliphatic rings. The number of fused-ring (bicyclic) bond motifs is 11. The van der Waals surface area contributed by atoms with Crippen LogP contribution in [0.4, 0.5) is 0 Å². The molecule has 2 aromatic heterocycles. The number of rotatable bonds is 3. The van der Waals surface area contributed by atoms with Crippen molar-refractivity contribution in [3.05, 3.63) is 152 Å². The summed E-state index contributed by atoms with van der Waals surface area (Å²) in [7, 11) is 0. The van der Waals surface area contributed by atoms with E-state index in [-0.39, 0.29) is 0 Å². The highest BCUT2D eigenvalue weighted by Gasteiger charge is 2.26. The van der Waals surface area contributed by atoms with Gasteiger partial charge in [-0.2, -0.15) is 0 Å². The number of benzene rings is 7. The Morgan fingerprint density at radius 2 is 1.05 bits per heavy atom. The number of imidazole rings is 1. The van der Waals surface area contributed by atoms with E-state index in [4.69, 9.17) is 16.8 Å². The molecule has 0 amide bonds. The summed E-state index contributed by atoms with van der Waals surface area (Å²) < 4.78 is 2.31. The van der Waals surface area contributed by atoms with Gasteiger partial charge in [-0.1, -0.05) is 133 Å². The molecule has 0 saturated carbocycles. The summed E-state index contributed by atoms with van der Waals surface area (Å²) in [4.78, 5) is 5.18. The zero-order valence-corrected chi connectivity index (χ0v) is 24.9. The van der Waals surface area contributed by atoms with Crippen molar-refractivity contribution < 1.29 is 0 Å². The molecule has 43 heavy (non-hydrogen) atoms. The van der Waals surface area contributed by atoms with Crippen LogP contribution in [0.1, 0.15) is 0 Å². The van der Waals surface area contributed by atoms with Crippen molar-refractivity contribution in [3.8, 4) is 0 Å². The van der Waals surface area contributed by atoms with Gasteiger partial charge in [0.1, 0.15) is 5.65 Å². The van der Waals surface area contributed by atoms with E-state index >= 15 is 0 Å². The van der Waals surface area contributed by atoms with Crippen LogP contribution in [0.3, 0.4) is 0 Å². The second-order valence-electron chi connectivity index (χ2n) is 11.1. The van der Waals surface area contributed by atoms with Crippen molar-refractivity contribution in [1.82, 2.24) is 9.38 Å². The Labute approximate surface area is 253 Å². The van der Waals surface area contributed by atoms with Crippen LogP contribution in [0.25, 0.3) is 59.9 Å². The zero-order chi connectivity index (χ0) is 28.5. The van der Waals surface area contributed by atoms with Crippen LogP contribution >= 0.6 is 6.04 Å². The molecule has 0 aliphatic heterocycles. The van der Waals surface area contributed by atoms with Crippen LogP contribution in [-0.4, -0.2) is 9.38 Å². The summed E-state index contributed by atoms with van der Waals surface area (Å²) in [5, 5.41) is 12.1. The Kier molecular flexibility index (Phi) is 5.38. The largest absolute Gasteiger partial charge is 0.292 e. The van der Waals surface area contributed by atoms with Crippen molar-refractivity contribution in [3.63, 3.8) is 0 Å². The quantitative estimate of drug-likeness (QED) is 0.152. The lowest BCUT2D eigenvalue weighted by Crippen LogP contribution is -2.24. The molecule has 0 spiro atoms. The lowest BCUT2D eigenvalue weighted by molar-refractivity contribution is 1.32. The van der Waals surface area contributed by atoms with Gasteiger partial charge in [-0.15, -0.1) is 0 Å². The summed E-state index contributed by atoms with van der Waals surface area (Å²) in [6, 6.07) is 52.1. The molecule has 1 unspecified atom stereocenters. The minimum Gasteiger partial charge on any atom is -0.292 e. The van der Waals surface area contributed by atoms with E-state index in [2.05, 4.69) is 156 Å². The second-order valence-corrected chi connectivity index (χ2v) is 15.6. The molecule has 0 radical (unpaired) electrons. The predicted molar refractivity (Wildman–Crippen MR) is 189 cm³/mol. The lowest BCUT2D eigenvalue weighted by atomic mass is 10.0. The van der Waals surface area contributed by atoms with E-state index in [0.717, 1.165) is 27.6 Å². The van der Waals surface area contributed by atoms with Crippen LogP contribution in [0, 0.1) is 0 Å². The SMILES string of the molecule is S=P(c1ccccc1)(c1ccc2ccc3ccccc3c2c1)c1ccc2c3ccccc3n3c4ccccc4nc3c2c1.